The molecule has 0 saturated carbocycles. The van der Waals surface area contributed by atoms with E-state index < -0.39 is 0 Å². The lowest BCUT2D eigenvalue weighted by molar-refractivity contribution is -0.119. The molecule has 3 N–H and O–H groups in total. The Labute approximate surface area is 117 Å². The molecule has 1 unspecified atom stereocenters. The van der Waals surface area contributed by atoms with Gasteiger partial charge in [0, 0.05) is 5.92 Å². The van der Waals surface area contributed by atoms with Gasteiger partial charge in [-0.15, -0.1) is 5.10 Å². The summed E-state index contributed by atoms with van der Waals surface area (Å²) in [5.41, 5.74) is 6.88. The van der Waals surface area contributed by atoms with Gasteiger partial charge in [-0.2, -0.15) is 4.68 Å². The van der Waals surface area contributed by atoms with Crippen LogP contribution >= 0.6 is 0 Å². The SMILES string of the molecule is CC(CCCN)C(=O)Nc1ccccc1-n1cnnn1. The first-order chi connectivity index (χ1) is 9.72. The van der Waals surface area contributed by atoms with E-state index in [4.69, 9.17) is 5.73 Å². The third-order valence-electron chi connectivity index (χ3n) is 3.05. The number of carbonyl (C=O) groups excluding carboxylic acids is 1. The number of hydrogen-bond donors (Lipinski definition) is 2. The van der Waals surface area contributed by atoms with Crippen LogP contribution in [0.1, 0.15) is 19.8 Å². The van der Waals surface area contributed by atoms with Gasteiger partial charge in [0.2, 0.25) is 5.91 Å². The molecule has 0 radical (unpaired) electrons. The number of anilines is 1. The maximum atomic E-state index is 12.1. The van der Waals surface area contributed by atoms with Crippen LogP contribution < -0.4 is 11.1 Å². The molecule has 106 valence electrons. The van der Waals surface area contributed by atoms with Crippen molar-refractivity contribution in [1.82, 2.24) is 20.2 Å². The van der Waals surface area contributed by atoms with Crippen molar-refractivity contribution in [3.05, 3.63) is 30.6 Å². The minimum atomic E-state index is -0.0829. The highest BCUT2D eigenvalue weighted by Crippen LogP contribution is 2.19. The largest absolute Gasteiger partial charge is 0.330 e. The van der Waals surface area contributed by atoms with E-state index in [9.17, 15) is 4.79 Å². The van der Waals surface area contributed by atoms with Crippen molar-refractivity contribution in [3.63, 3.8) is 0 Å². The second-order valence-electron chi connectivity index (χ2n) is 4.59. The Morgan fingerprint density at radius 2 is 2.25 bits per heavy atom. The molecule has 0 aliphatic rings. The smallest absolute Gasteiger partial charge is 0.227 e. The maximum absolute atomic E-state index is 12.1. The first kappa shape index (κ1) is 14.1. The molecular formula is C13H18N6O. The number of aromatic nitrogens is 4. The van der Waals surface area contributed by atoms with Gasteiger partial charge in [-0.3, -0.25) is 4.79 Å². The molecule has 2 aromatic rings. The van der Waals surface area contributed by atoms with Gasteiger partial charge < -0.3 is 11.1 Å². The van der Waals surface area contributed by atoms with Crippen LogP contribution in [-0.2, 0) is 4.79 Å². The van der Waals surface area contributed by atoms with Gasteiger partial charge in [-0.1, -0.05) is 19.1 Å². The quantitative estimate of drug-likeness (QED) is 0.818. The Morgan fingerprint density at radius 3 is 2.95 bits per heavy atom. The lowest BCUT2D eigenvalue weighted by Gasteiger charge is -2.14. The standard InChI is InChI=1S/C13H18N6O/c1-10(5-4-8-14)13(20)16-11-6-2-3-7-12(11)19-9-15-17-18-19/h2-3,6-7,9-10H,4-5,8,14H2,1H3,(H,16,20). The molecule has 1 aromatic heterocycles. The fourth-order valence-corrected chi connectivity index (χ4v) is 1.86. The van der Waals surface area contributed by atoms with E-state index in [1.54, 1.807) is 0 Å². The average molecular weight is 274 g/mol. The number of carbonyl (C=O) groups is 1. The lowest BCUT2D eigenvalue weighted by atomic mass is 10.0. The fraction of sp³-hybridized carbons (Fsp3) is 0.385. The van der Waals surface area contributed by atoms with Crippen molar-refractivity contribution in [2.75, 3.05) is 11.9 Å². The molecule has 7 nitrogen and oxygen atoms in total. The average Bonchev–Trinajstić information content (AvgIpc) is 2.99. The van der Waals surface area contributed by atoms with Gasteiger partial charge in [0.15, 0.2) is 0 Å². The van der Waals surface area contributed by atoms with Crippen molar-refractivity contribution < 1.29 is 4.79 Å². The summed E-state index contributed by atoms with van der Waals surface area (Å²) in [6, 6.07) is 7.39. The molecule has 20 heavy (non-hydrogen) atoms. The highest BCUT2D eigenvalue weighted by molar-refractivity contribution is 5.94. The summed E-state index contributed by atoms with van der Waals surface area (Å²) in [6.07, 6.45) is 3.10. The van der Waals surface area contributed by atoms with E-state index in [0.29, 0.717) is 12.2 Å². The van der Waals surface area contributed by atoms with E-state index >= 15 is 0 Å². The maximum Gasteiger partial charge on any atom is 0.227 e. The molecule has 7 heteroatoms. The topological polar surface area (TPSA) is 98.7 Å². The second-order valence-corrected chi connectivity index (χ2v) is 4.59. The Morgan fingerprint density at radius 1 is 1.45 bits per heavy atom. The van der Waals surface area contributed by atoms with Gasteiger partial charge in [0.1, 0.15) is 6.33 Å². The summed E-state index contributed by atoms with van der Waals surface area (Å²) in [6.45, 7) is 2.49. The number of amides is 1. The van der Waals surface area contributed by atoms with Crippen LogP contribution in [0.5, 0.6) is 0 Å². The molecule has 0 saturated heterocycles. The van der Waals surface area contributed by atoms with Crippen molar-refractivity contribution in [3.8, 4) is 5.69 Å². The van der Waals surface area contributed by atoms with Crippen LogP contribution in [-0.4, -0.2) is 32.7 Å². The van der Waals surface area contributed by atoms with E-state index in [2.05, 4.69) is 20.8 Å². The van der Waals surface area contributed by atoms with Crippen molar-refractivity contribution in [2.24, 2.45) is 11.7 Å². The Hall–Kier alpha value is -2.28. The number of nitrogens with zero attached hydrogens (tertiary/aromatic N) is 4. The van der Waals surface area contributed by atoms with Gasteiger partial charge in [0.25, 0.3) is 0 Å². The number of nitrogens with one attached hydrogen (secondary N) is 1. The number of benzene rings is 1. The van der Waals surface area contributed by atoms with E-state index in [-0.39, 0.29) is 11.8 Å². The van der Waals surface area contributed by atoms with Crippen LogP contribution in [0.2, 0.25) is 0 Å². The highest BCUT2D eigenvalue weighted by atomic mass is 16.1. The molecule has 1 amide bonds. The molecule has 0 aliphatic heterocycles. The minimum absolute atomic E-state index is 0.0287. The molecule has 1 aromatic carbocycles. The number of hydrogen-bond acceptors (Lipinski definition) is 5. The third-order valence-corrected chi connectivity index (χ3v) is 3.05. The molecule has 0 bridgehead atoms. The highest BCUT2D eigenvalue weighted by Gasteiger charge is 2.14. The minimum Gasteiger partial charge on any atom is -0.330 e. The van der Waals surface area contributed by atoms with Crippen LogP contribution in [0.4, 0.5) is 5.69 Å². The lowest BCUT2D eigenvalue weighted by Crippen LogP contribution is -2.22. The zero-order chi connectivity index (χ0) is 14.4. The summed E-state index contributed by atoms with van der Waals surface area (Å²) < 4.78 is 1.51. The van der Waals surface area contributed by atoms with Gasteiger partial charge in [-0.25, -0.2) is 0 Å². The molecule has 1 atom stereocenters. The van der Waals surface area contributed by atoms with Crippen molar-refractivity contribution in [1.29, 1.82) is 0 Å². The zero-order valence-electron chi connectivity index (χ0n) is 11.4. The molecule has 0 fully saturated rings. The Kier molecular flexibility index (Phi) is 4.78. The van der Waals surface area contributed by atoms with Crippen LogP contribution in [0.25, 0.3) is 5.69 Å². The fourth-order valence-electron chi connectivity index (χ4n) is 1.86. The molecule has 0 aliphatic carbocycles. The number of para-hydroxylation sites is 2. The Bertz CT molecular complexity index is 554. The van der Waals surface area contributed by atoms with Crippen molar-refractivity contribution >= 4 is 11.6 Å². The number of tetrazole rings is 1. The molecule has 1 heterocycles. The van der Waals surface area contributed by atoms with Crippen molar-refractivity contribution in [2.45, 2.75) is 19.8 Å². The normalized spacial score (nSPS) is 12.1. The molecule has 2 rings (SSSR count). The summed E-state index contributed by atoms with van der Waals surface area (Å²) in [5, 5.41) is 13.9. The summed E-state index contributed by atoms with van der Waals surface area (Å²) in [5.74, 6) is -0.112. The van der Waals surface area contributed by atoms with Gasteiger partial charge in [-0.05, 0) is 41.9 Å². The molecular weight excluding hydrogens is 256 g/mol. The predicted octanol–water partition coefficient (Wildman–Crippen LogP) is 0.976. The first-order valence-corrected chi connectivity index (χ1v) is 6.55. The van der Waals surface area contributed by atoms with Crippen LogP contribution in [0.15, 0.2) is 30.6 Å². The van der Waals surface area contributed by atoms with E-state index in [0.717, 1.165) is 18.5 Å². The monoisotopic (exact) mass is 274 g/mol. The predicted molar refractivity (Wildman–Crippen MR) is 75.2 cm³/mol. The first-order valence-electron chi connectivity index (χ1n) is 6.55. The van der Waals surface area contributed by atoms with Gasteiger partial charge >= 0.3 is 0 Å². The third kappa shape index (κ3) is 3.39. The van der Waals surface area contributed by atoms with E-state index in [1.165, 1.54) is 11.0 Å². The van der Waals surface area contributed by atoms with E-state index in [1.807, 2.05) is 31.2 Å². The van der Waals surface area contributed by atoms with Gasteiger partial charge in [0.05, 0.1) is 11.4 Å². The summed E-state index contributed by atoms with van der Waals surface area (Å²) in [7, 11) is 0. The number of rotatable bonds is 6. The summed E-state index contributed by atoms with van der Waals surface area (Å²) in [4.78, 5) is 12.1. The Balaban J connectivity index is 2.12. The summed E-state index contributed by atoms with van der Waals surface area (Å²) >= 11 is 0. The molecule has 0 spiro atoms. The zero-order valence-corrected chi connectivity index (χ0v) is 11.4. The van der Waals surface area contributed by atoms with Crippen LogP contribution in [0, 0.1) is 5.92 Å². The number of nitrogens with two attached hydrogens (primary N) is 1. The van der Waals surface area contributed by atoms with Crippen LogP contribution in [0.3, 0.4) is 0 Å². The second kappa shape index (κ2) is 6.76.